The number of carbonyl (C=O) groups is 1. The molecule has 1 heterocycles. The smallest absolute Gasteiger partial charge is 0.219 e. The maximum atomic E-state index is 11.3. The van der Waals surface area contributed by atoms with Crippen molar-refractivity contribution in [2.75, 3.05) is 25.0 Å². The van der Waals surface area contributed by atoms with Crippen LogP contribution < -0.4 is 4.90 Å². The first-order valence-corrected chi connectivity index (χ1v) is 6.60. The molecule has 1 aromatic carbocycles. The van der Waals surface area contributed by atoms with E-state index in [1.165, 1.54) is 0 Å². The third kappa shape index (κ3) is 3.05. The molecular weight excluding hydrogens is 238 g/mol. The van der Waals surface area contributed by atoms with Crippen LogP contribution in [0.3, 0.4) is 0 Å². The average molecular weight is 257 g/mol. The van der Waals surface area contributed by atoms with Crippen molar-refractivity contribution < 1.29 is 4.79 Å². The SMILES string of the molecule is CC(=O)N(C)C1CCN(c2ccc(C#N)cc2)CC1. The van der Waals surface area contributed by atoms with Crippen LogP contribution in [0.1, 0.15) is 25.3 Å². The van der Waals surface area contributed by atoms with E-state index in [1.54, 1.807) is 6.92 Å². The number of piperidine rings is 1. The number of nitriles is 1. The van der Waals surface area contributed by atoms with Gasteiger partial charge in [0.05, 0.1) is 11.6 Å². The molecule has 100 valence electrons. The van der Waals surface area contributed by atoms with Crippen LogP contribution in [0, 0.1) is 11.3 Å². The van der Waals surface area contributed by atoms with Crippen LogP contribution in [0.2, 0.25) is 0 Å². The van der Waals surface area contributed by atoms with Gasteiger partial charge in [-0.05, 0) is 37.1 Å². The van der Waals surface area contributed by atoms with Crippen molar-refractivity contribution in [2.24, 2.45) is 0 Å². The van der Waals surface area contributed by atoms with E-state index in [9.17, 15) is 4.79 Å². The summed E-state index contributed by atoms with van der Waals surface area (Å²) in [5.74, 6) is 0.136. The molecule has 0 saturated carbocycles. The Morgan fingerprint density at radius 1 is 1.32 bits per heavy atom. The van der Waals surface area contributed by atoms with Gasteiger partial charge < -0.3 is 9.80 Å². The highest BCUT2D eigenvalue weighted by molar-refractivity contribution is 5.73. The van der Waals surface area contributed by atoms with Crippen molar-refractivity contribution in [3.63, 3.8) is 0 Å². The van der Waals surface area contributed by atoms with E-state index in [-0.39, 0.29) is 5.91 Å². The zero-order valence-electron chi connectivity index (χ0n) is 11.5. The van der Waals surface area contributed by atoms with Crippen LogP contribution in [0.25, 0.3) is 0 Å². The predicted molar refractivity (Wildman–Crippen MR) is 74.8 cm³/mol. The third-order valence-corrected chi connectivity index (χ3v) is 3.87. The fraction of sp³-hybridized carbons (Fsp3) is 0.467. The van der Waals surface area contributed by atoms with Gasteiger partial charge in [-0.3, -0.25) is 4.79 Å². The van der Waals surface area contributed by atoms with Crippen LogP contribution in [0.15, 0.2) is 24.3 Å². The summed E-state index contributed by atoms with van der Waals surface area (Å²) in [5, 5.41) is 8.79. The number of anilines is 1. The number of nitrogens with zero attached hydrogens (tertiary/aromatic N) is 3. The standard InChI is InChI=1S/C15H19N3O/c1-12(19)17(2)14-7-9-18(10-8-14)15-5-3-13(11-16)4-6-15/h3-6,14H,7-10H2,1-2H3. The Morgan fingerprint density at radius 2 is 1.89 bits per heavy atom. The normalized spacial score (nSPS) is 15.9. The Kier molecular flexibility index (Phi) is 4.06. The van der Waals surface area contributed by atoms with Gasteiger partial charge >= 0.3 is 0 Å². The third-order valence-electron chi connectivity index (χ3n) is 3.87. The lowest BCUT2D eigenvalue weighted by Gasteiger charge is -2.37. The maximum Gasteiger partial charge on any atom is 0.219 e. The number of hydrogen-bond acceptors (Lipinski definition) is 3. The molecule has 1 amide bonds. The van der Waals surface area contributed by atoms with Gasteiger partial charge in [0.25, 0.3) is 0 Å². The molecule has 2 rings (SSSR count). The predicted octanol–water partition coefficient (Wildman–Crippen LogP) is 2.01. The molecule has 1 saturated heterocycles. The van der Waals surface area contributed by atoms with Crippen molar-refractivity contribution in [3.05, 3.63) is 29.8 Å². The molecule has 0 radical (unpaired) electrons. The van der Waals surface area contributed by atoms with Crippen LogP contribution in [0.5, 0.6) is 0 Å². The van der Waals surface area contributed by atoms with Gasteiger partial charge in [-0.15, -0.1) is 0 Å². The number of rotatable bonds is 2. The molecule has 1 aliphatic rings. The fourth-order valence-corrected chi connectivity index (χ4v) is 2.52. The van der Waals surface area contributed by atoms with Crippen molar-refractivity contribution in [1.82, 2.24) is 4.90 Å². The van der Waals surface area contributed by atoms with E-state index in [0.717, 1.165) is 31.6 Å². The minimum Gasteiger partial charge on any atom is -0.371 e. The molecule has 0 spiro atoms. The van der Waals surface area contributed by atoms with Gasteiger partial charge in [-0.2, -0.15) is 5.26 Å². The minimum atomic E-state index is 0.136. The number of amides is 1. The summed E-state index contributed by atoms with van der Waals surface area (Å²) in [6, 6.07) is 10.2. The molecule has 1 aromatic rings. The molecule has 0 N–H and O–H groups in total. The molecule has 0 bridgehead atoms. The summed E-state index contributed by atoms with van der Waals surface area (Å²) in [7, 11) is 1.88. The minimum absolute atomic E-state index is 0.136. The molecule has 19 heavy (non-hydrogen) atoms. The van der Waals surface area contributed by atoms with Crippen molar-refractivity contribution in [3.8, 4) is 6.07 Å². The van der Waals surface area contributed by atoms with E-state index in [2.05, 4.69) is 11.0 Å². The van der Waals surface area contributed by atoms with Crippen LogP contribution in [-0.2, 0) is 4.79 Å². The van der Waals surface area contributed by atoms with Crippen molar-refractivity contribution in [1.29, 1.82) is 5.26 Å². The van der Waals surface area contributed by atoms with Crippen LogP contribution in [0.4, 0.5) is 5.69 Å². The summed E-state index contributed by atoms with van der Waals surface area (Å²) in [5.41, 5.74) is 1.85. The summed E-state index contributed by atoms with van der Waals surface area (Å²) >= 11 is 0. The second-order valence-electron chi connectivity index (χ2n) is 5.01. The van der Waals surface area contributed by atoms with Crippen LogP contribution >= 0.6 is 0 Å². The van der Waals surface area contributed by atoms with Crippen LogP contribution in [-0.4, -0.2) is 37.0 Å². The highest BCUT2D eigenvalue weighted by Crippen LogP contribution is 2.22. The molecule has 0 unspecified atom stereocenters. The molecular formula is C15H19N3O. The monoisotopic (exact) mass is 257 g/mol. The average Bonchev–Trinajstić information content (AvgIpc) is 2.46. The Balaban J connectivity index is 1.96. The molecule has 4 nitrogen and oxygen atoms in total. The largest absolute Gasteiger partial charge is 0.371 e. The molecule has 0 aromatic heterocycles. The summed E-state index contributed by atoms with van der Waals surface area (Å²) in [6.45, 7) is 3.52. The van der Waals surface area contributed by atoms with Gasteiger partial charge in [0, 0.05) is 38.8 Å². The summed E-state index contributed by atoms with van der Waals surface area (Å²) < 4.78 is 0. The van der Waals surface area contributed by atoms with Gasteiger partial charge in [0.15, 0.2) is 0 Å². The van der Waals surface area contributed by atoms with E-state index in [1.807, 2.05) is 36.2 Å². The first-order chi connectivity index (χ1) is 9.11. The maximum absolute atomic E-state index is 11.3. The summed E-state index contributed by atoms with van der Waals surface area (Å²) in [4.78, 5) is 15.5. The molecule has 1 fully saturated rings. The van der Waals surface area contributed by atoms with E-state index in [0.29, 0.717) is 11.6 Å². The highest BCUT2D eigenvalue weighted by Gasteiger charge is 2.23. The first kappa shape index (κ1) is 13.4. The lowest BCUT2D eigenvalue weighted by molar-refractivity contribution is -0.129. The van der Waals surface area contributed by atoms with Crippen molar-refractivity contribution >= 4 is 11.6 Å². The fourth-order valence-electron chi connectivity index (χ4n) is 2.52. The van der Waals surface area contributed by atoms with Gasteiger partial charge in [0.2, 0.25) is 5.91 Å². The van der Waals surface area contributed by atoms with Gasteiger partial charge in [-0.1, -0.05) is 0 Å². The summed E-state index contributed by atoms with van der Waals surface area (Å²) in [6.07, 6.45) is 1.99. The molecule has 0 aliphatic carbocycles. The molecule has 1 aliphatic heterocycles. The second kappa shape index (κ2) is 5.75. The zero-order chi connectivity index (χ0) is 13.8. The quantitative estimate of drug-likeness (QED) is 0.814. The Labute approximate surface area is 114 Å². The Bertz CT molecular complexity index is 481. The topological polar surface area (TPSA) is 47.3 Å². The Hall–Kier alpha value is -2.02. The van der Waals surface area contributed by atoms with E-state index < -0.39 is 0 Å². The number of benzene rings is 1. The lowest BCUT2D eigenvalue weighted by atomic mass is 10.0. The number of hydrogen-bond donors (Lipinski definition) is 0. The van der Waals surface area contributed by atoms with Gasteiger partial charge in [-0.25, -0.2) is 0 Å². The molecule has 4 heteroatoms. The van der Waals surface area contributed by atoms with Gasteiger partial charge in [0.1, 0.15) is 0 Å². The van der Waals surface area contributed by atoms with E-state index in [4.69, 9.17) is 5.26 Å². The zero-order valence-corrected chi connectivity index (χ0v) is 11.5. The molecule has 0 atom stereocenters. The highest BCUT2D eigenvalue weighted by atomic mass is 16.2. The number of carbonyl (C=O) groups excluding carboxylic acids is 1. The Morgan fingerprint density at radius 3 is 2.37 bits per heavy atom. The van der Waals surface area contributed by atoms with E-state index >= 15 is 0 Å². The first-order valence-electron chi connectivity index (χ1n) is 6.60. The second-order valence-corrected chi connectivity index (χ2v) is 5.01. The lowest BCUT2D eigenvalue weighted by Crippen LogP contribution is -2.45. The van der Waals surface area contributed by atoms with Crippen molar-refractivity contribution in [2.45, 2.75) is 25.8 Å².